The van der Waals surface area contributed by atoms with Crippen LogP contribution in [-0.2, 0) is 19.0 Å². The van der Waals surface area contributed by atoms with Crippen LogP contribution < -0.4 is 0 Å². The summed E-state index contributed by atoms with van der Waals surface area (Å²) in [6.45, 7) is 7.93. The molecule has 0 unspecified atom stereocenters. The topological polar surface area (TPSA) is 126 Å². The second kappa shape index (κ2) is 7.59. The fraction of sp³-hybridized carbons (Fsp3) is 0.857. The highest BCUT2D eigenvalue weighted by molar-refractivity contribution is 5.75. The maximum absolute atomic E-state index is 12.0. The number of carbonyl (C=O) groups excluding carboxylic acids is 1. The normalized spacial score (nSPS) is 52.6. The van der Waals surface area contributed by atoms with Gasteiger partial charge in [0.2, 0.25) is 0 Å². The van der Waals surface area contributed by atoms with E-state index >= 15 is 0 Å². The third kappa shape index (κ3) is 3.43. The summed E-state index contributed by atoms with van der Waals surface area (Å²) in [6.07, 6.45) is -3.74. The van der Waals surface area contributed by atoms with Gasteiger partial charge in [0.05, 0.1) is 18.6 Å². The molecule has 0 aromatic carbocycles. The average Bonchev–Trinajstić information content (AvgIpc) is 2.95. The molecule has 0 amide bonds. The van der Waals surface area contributed by atoms with Crippen molar-refractivity contribution in [2.24, 2.45) is 23.2 Å². The van der Waals surface area contributed by atoms with Gasteiger partial charge in [0, 0.05) is 5.92 Å². The molecule has 0 aromatic heterocycles. The van der Waals surface area contributed by atoms with Gasteiger partial charge in [-0.15, -0.1) is 0 Å². The zero-order valence-corrected chi connectivity index (χ0v) is 16.9. The molecule has 4 aliphatic rings. The average molecular weight is 412 g/mol. The fourth-order valence-electron chi connectivity index (χ4n) is 5.79. The number of hydrogen-bond donors (Lipinski definition) is 4. The SMILES string of the molecule is C=C1[C@@H](O[C@@H]2O[C@H](CO)[C@@H](O)[C@H](O)[C@H]2O)CC[C@]2(C)C[C@H]3OC(=O)[C@@H](C)[C@H]3C[C@@H]12. The number of rotatable bonds is 3. The van der Waals surface area contributed by atoms with Gasteiger partial charge in [-0.3, -0.25) is 4.79 Å². The molecule has 0 spiro atoms. The van der Waals surface area contributed by atoms with Gasteiger partial charge in [0.15, 0.2) is 6.29 Å². The zero-order valence-electron chi connectivity index (χ0n) is 16.9. The number of ether oxygens (including phenoxy) is 3. The van der Waals surface area contributed by atoms with E-state index in [1.807, 2.05) is 6.92 Å². The molecule has 0 aromatic rings. The quantitative estimate of drug-likeness (QED) is 0.293. The summed E-state index contributed by atoms with van der Waals surface area (Å²) >= 11 is 0. The van der Waals surface area contributed by atoms with Gasteiger partial charge >= 0.3 is 5.97 Å². The lowest BCUT2D eigenvalue weighted by molar-refractivity contribution is -0.311. The minimum atomic E-state index is -1.47. The molecule has 29 heavy (non-hydrogen) atoms. The first-order chi connectivity index (χ1) is 13.7. The van der Waals surface area contributed by atoms with Crippen LogP contribution in [0.1, 0.15) is 39.5 Å². The largest absolute Gasteiger partial charge is 0.462 e. The number of aliphatic hydroxyl groups is 4. The predicted molar refractivity (Wildman–Crippen MR) is 100 cm³/mol. The second-order valence-corrected chi connectivity index (χ2v) is 9.51. The summed E-state index contributed by atoms with van der Waals surface area (Å²) in [5.74, 6) is 0.0822. The molecule has 0 radical (unpaired) electrons. The summed E-state index contributed by atoms with van der Waals surface area (Å²) in [5.41, 5.74) is 0.874. The Morgan fingerprint density at radius 1 is 1.24 bits per heavy atom. The molecule has 2 saturated carbocycles. The van der Waals surface area contributed by atoms with E-state index in [4.69, 9.17) is 14.2 Å². The Morgan fingerprint density at radius 2 is 1.97 bits per heavy atom. The molecule has 4 N–H and O–H groups in total. The molecule has 2 heterocycles. The lowest BCUT2D eigenvalue weighted by Crippen LogP contribution is -2.60. The van der Waals surface area contributed by atoms with E-state index in [9.17, 15) is 25.2 Å². The highest BCUT2D eigenvalue weighted by atomic mass is 16.7. The molecule has 2 aliphatic heterocycles. The minimum Gasteiger partial charge on any atom is -0.462 e. The number of aliphatic hydroxyl groups excluding tert-OH is 4. The highest BCUT2D eigenvalue weighted by Crippen LogP contribution is 2.57. The monoisotopic (exact) mass is 412 g/mol. The minimum absolute atomic E-state index is 0.0299. The summed E-state index contributed by atoms with van der Waals surface area (Å²) in [7, 11) is 0. The van der Waals surface area contributed by atoms with Crippen LogP contribution in [0.2, 0.25) is 0 Å². The van der Waals surface area contributed by atoms with Crippen molar-refractivity contribution in [1.82, 2.24) is 0 Å². The maximum Gasteiger partial charge on any atom is 0.309 e. The summed E-state index contributed by atoms with van der Waals surface area (Å²) in [5, 5.41) is 39.6. The van der Waals surface area contributed by atoms with Crippen LogP contribution in [0.15, 0.2) is 12.2 Å². The van der Waals surface area contributed by atoms with Crippen LogP contribution in [0.25, 0.3) is 0 Å². The Hall–Kier alpha value is -1.03. The summed E-state index contributed by atoms with van der Waals surface area (Å²) in [6, 6.07) is 0. The molecule has 11 atom stereocenters. The molecule has 4 fully saturated rings. The molecule has 164 valence electrons. The van der Waals surface area contributed by atoms with Crippen molar-refractivity contribution < 1.29 is 39.4 Å². The zero-order chi connectivity index (χ0) is 21.1. The predicted octanol–water partition coefficient (Wildman–Crippen LogP) is 0.115. The van der Waals surface area contributed by atoms with Crippen molar-refractivity contribution >= 4 is 5.97 Å². The van der Waals surface area contributed by atoms with Crippen molar-refractivity contribution in [3.05, 3.63) is 12.2 Å². The lowest BCUT2D eigenvalue weighted by Gasteiger charge is -2.52. The highest BCUT2D eigenvalue weighted by Gasteiger charge is 2.56. The molecule has 8 heteroatoms. The standard InChI is InChI=1S/C21H32O8/c1-9-11-6-12-10(2)13(4-5-21(12,3)7-14(11)27-19(9)26)28-20-18(25)17(24)16(23)15(8-22)29-20/h9,11-18,20,22-25H,2,4-8H2,1,3H3/t9-,11+,12-,13-,14+,15+,16+,17-,18+,20+,21+/m0/s1. The third-order valence-electron chi connectivity index (χ3n) is 7.76. The van der Waals surface area contributed by atoms with Gasteiger partial charge < -0.3 is 34.6 Å². The van der Waals surface area contributed by atoms with E-state index in [-0.39, 0.29) is 41.3 Å². The maximum atomic E-state index is 12.0. The van der Waals surface area contributed by atoms with E-state index in [1.165, 1.54) is 0 Å². The first-order valence-electron chi connectivity index (χ1n) is 10.5. The van der Waals surface area contributed by atoms with Gasteiger partial charge in [-0.1, -0.05) is 20.4 Å². The van der Waals surface area contributed by atoms with E-state index in [0.29, 0.717) is 6.42 Å². The molecule has 0 bridgehead atoms. The van der Waals surface area contributed by atoms with Crippen LogP contribution >= 0.6 is 0 Å². The van der Waals surface area contributed by atoms with E-state index in [2.05, 4.69) is 13.5 Å². The Labute approximate surface area is 170 Å². The molecule has 8 nitrogen and oxygen atoms in total. The van der Waals surface area contributed by atoms with Crippen LogP contribution in [0.4, 0.5) is 0 Å². The summed E-state index contributed by atoms with van der Waals surface area (Å²) < 4.78 is 17.1. The van der Waals surface area contributed by atoms with Gasteiger partial charge in [0.25, 0.3) is 0 Å². The first kappa shape index (κ1) is 21.2. The first-order valence-corrected chi connectivity index (χ1v) is 10.5. The Kier molecular flexibility index (Phi) is 5.55. The van der Waals surface area contributed by atoms with E-state index in [0.717, 1.165) is 24.8 Å². The van der Waals surface area contributed by atoms with Gasteiger partial charge in [0.1, 0.15) is 30.5 Å². The Morgan fingerprint density at radius 3 is 2.66 bits per heavy atom. The number of esters is 1. The van der Waals surface area contributed by atoms with Crippen LogP contribution in [0, 0.1) is 23.2 Å². The van der Waals surface area contributed by atoms with E-state index in [1.54, 1.807) is 0 Å². The van der Waals surface area contributed by atoms with E-state index < -0.39 is 37.3 Å². The molecule has 2 aliphatic carbocycles. The third-order valence-corrected chi connectivity index (χ3v) is 7.76. The second-order valence-electron chi connectivity index (χ2n) is 9.51. The Balaban J connectivity index is 1.47. The van der Waals surface area contributed by atoms with Crippen LogP contribution in [0.3, 0.4) is 0 Å². The Bertz CT molecular complexity index is 665. The van der Waals surface area contributed by atoms with Crippen molar-refractivity contribution in [2.75, 3.05) is 6.61 Å². The van der Waals surface area contributed by atoms with Crippen molar-refractivity contribution in [3.8, 4) is 0 Å². The van der Waals surface area contributed by atoms with Gasteiger partial charge in [-0.25, -0.2) is 0 Å². The van der Waals surface area contributed by atoms with Crippen molar-refractivity contribution in [3.63, 3.8) is 0 Å². The van der Waals surface area contributed by atoms with Crippen molar-refractivity contribution in [1.29, 1.82) is 0 Å². The number of fused-ring (bicyclic) bond motifs is 2. The molecule has 4 rings (SSSR count). The number of hydrogen-bond acceptors (Lipinski definition) is 8. The summed E-state index contributed by atoms with van der Waals surface area (Å²) in [4.78, 5) is 12.0. The van der Waals surface area contributed by atoms with Crippen molar-refractivity contribution in [2.45, 2.75) is 82.4 Å². The van der Waals surface area contributed by atoms with Crippen LogP contribution in [0.5, 0.6) is 0 Å². The molecule has 2 saturated heterocycles. The van der Waals surface area contributed by atoms with Gasteiger partial charge in [-0.2, -0.15) is 0 Å². The molecular weight excluding hydrogens is 380 g/mol. The number of carbonyl (C=O) groups is 1. The fourth-order valence-corrected chi connectivity index (χ4v) is 5.79. The van der Waals surface area contributed by atoms with Gasteiger partial charge in [-0.05, 0) is 42.6 Å². The smallest absolute Gasteiger partial charge is 0.309 e. The molecular formula is C21H32O8. The van der Waals surface area contributed by atoms with Crippen LogP contribution in [-0.4, -0.2) is 75.9 Å². The lowest BCUT2D eigenvalue weighted by atomic mass is 9.55.